The first-order chi connectivity index (χ1) is 32.8. The molecule has 67 heavy (non-hydrogen) atoms. The van der Waals surface area contributed by atoms with E-state index >= 15 is 0 Å². The summed E-state index contributed by atoms with van der Waals surface area (Å²) in [6, 6.07) is 32.9. The molecule has 0 aliphatic rings. The van der Waals surface area contributed by atoms with E-state index in [4.69, 9.17) is 28.4 Å². The van der Waals surface area contributed by atoms with Gasteiger partial charge in [-0.3, -0.25) is 0 Å². The molecule has 0 saturated heterocycles. The number of hydrogen-bond donors (Lipinski definition) is 0. The second-order valence-corrected chi connectivity index (χ2v) is 17.6. The van der Waals surface area contributed by atoms with E-state index in [9.17, 15) is 19.2 Å². The number of unbranched alkanes of at least 4 members (excludes halogenated alkanes) is 14. The summed E-state index contributed by atoms with van der Waals surface area (Å²) in [5.74, 6) is 0.226. The predicted molar refractivity (Wildman–Crippen MR) is 264 cm³/mol. The van der Waals surface area contributed by atoms with Gasteiger partial charge in [-0.2, -0.15) is 0 Å². The molecule has 6 aromatic rings. The molecule has 0 saturated carbocycles. The summed E-state index contributed by atoms with van der Waals surface area (Å²) in [6.07, 6.45) is 19.7. The van der Waals surface area contributed by atoms with Crippen LogP contribution in [0.4, 0.5) is 0 Å². The molecule has 0 atom stereocenters. The molecule has 0 amide bonds. The zero-order chi connectivity index (χ0) is 47.1. The lowest BCUT2D eigenvalue weighted by atomic mass is 10.1. The normalized spacial score (nSPS) is 11.0. The second-order valence-electron chi connectivity index (χ2n) is 16.5. The molecule has 352 valence electrons. The zero-order valence-electron chi connectivity index (χ0n) is 38.8. The van der Waals surface area contributed by atoms with E-state index in [0.29, 0.717) is 56.6 Å². The van der Waals surface area contributed by atoms with Crippen molar-refractivity contribution < 1.29 is 47.6 Å². The largest absolute Gasteiger partial charge is 0.494 e. The number of esters is 4. The first kappa shape index (κ1) is 50.0. The van der Waals surface area contributed by atoms with Crippen LogP contribution in [0.15, 0.2) is 121 Å². The molecule has 0 N–H and O–H groups in total. The van der Waals surface area contributed by atoms with Crippen LogP contribution in [0.2, 0.25) is 0 Å². The minimum absolute atomic E-state index is 0.243. The zero-order valence-corrected chi connectivity index (χ0v) is 39.6. The summed E-state index contributed by atoms with van der Waals surface area (Å²) in [7, 11) is 0. The highest BCUT2D eigenvalue weighted by molar-refractivity contribution is 7.21. The molecule has 0 aliphatic heterocycles. The molecule has 0 fully saturated rings. The van der Waals surface area contributed by atoms with Gasteiger partial charge in [0, 0.05) is 0 Å². The number of hydrogen-bond acceptors (Lipinski definition) is 11. The monoisotopic (exact) mass is 926 g/mol. The number of ether oxygens (including phenoxy) is 6. The van der Waals surface area contributed by atoms with Gasteiger partial charge in [0.15, 0.2) is 0 Å². The standard InChI is InChI=1S/C56H62O10S/c1-3-5-7-9-11-13-15-17-38-61-45-28-22-41(23-29-45)53(57)63-47-32-26-43(27-33-47)55(59)66-50-21-19-20-44-40-51(67-52(44)50)56(60)65-49-36-34-48(35-37-49)64-54(58)42-24-30-46(31-25-42)62-39-18-16-14-12-10-8-6-4-2/h19-37,40H,3-18,38-39H2,1-2H3. The Bertz CT molecular complexity index is 2460. The van der Waals surface area contributed by atoms with Crippen LogP contribution in [0, 0.1) is 0 Å². The summed E-state index contributed by atoms with van der Waals surface area (Å²) < 4.78 is 34.8. The average molecular weight is 927 g/mol. The maximum atomic E-state index is 13.2. The lowest BCUT2D eigenvalue weighted by Crippen LogP contribution is -2.10. The van der Waals surface area contributed by atoms with Crippen molar-refractivity contribution in [3.05, 3.63) is 143 Å². The SMILES string of the molecule is CCCCCCCCCCOc1ccc(C(=O)Oc2ccc(OC(=O)c3cc4cccc(OC(=O)c5ccc(OC(=O)c6ccc(OCCCCCCCCCC)cc6)cc5)c4s3)cc2)cc1. The molecule has 0 bridgehead atoms. The lowest BCUT2D eigenvalue weighted by molar-refractivity contribution is 0.0721. The fourth-order valence-electron chi connectivity index (χ4n) is 7.33. The van der Waals surface area contributed by atoms with Crippen LogP contribution in [-0.4, -0.2) is 37.1 Å². The molecule has 1 aromatic heterocycles. The van der Waals surface area contributed by atoms with Crippen LogP contribution in [0.3, 0.4) is 0 Å². The Morgan fingerprint density at radius 1 is 0.388 bits per heavy atom. The first-order valence-electron chi connectivity index (χ1n) is 23.9. The summed E-state index contributed by atoms with van der Waals surface area (Å²) in [5.41, 5.74) is 1.000. The van der Waals surface area contributed by atoms with E-state index < -0.39 is 23.9 Å². The Morgan fingerprint density at radius 3 is 1.18 bits per heavy atom. The summed E-state index contributed by atoms with van der Waals surface area (Å²) in [4.78, 5) is 52.4. The van der Waals surface area contributed by atoms with Crippen LogP contribution in [0.5, 0.6) is 34.5 Å². The van der Waals surface area contributed by atoms with Crippen molar-refractivity contribution in [2.75, 3.05) is 13.2 Å². The maximum absolute atomic E-state index is 13.2. The Kier molecular flexibility index (Phi) is 20.3. The fraction of sp³-hybridized carbons (Fsp3) is 0.357. The Morgan fingerprint density at radius 2 is 0.746 bits per heavy atom. The van der Waals surface area contributed by atoms with Gasteiger partial charge in [-0.05, 0) is 127 Å². The Labute approximate surface area is 398 Å². The lowest BCUT2D eigenvalue weighted by Gasteiger charge is -2.09. The minimum atomic E-state index is -0.623. The molecule has 10 nitrogen and oxygen atoms in total. The molecule has 5 aromatic carbocycles. The molecule has 0 aliphatic carbocycles. The van der Waals surface area contributed by atoms with Gasteiger partial charge in [0.2, 0.25) is 0 Å². The van der Waals surface area contributed by atoms with Crippen LogP contribution in [0.25, 0.3) is 10.1 Å². The highest BCUT2D eigenvalue weighted by Crippen LogP contribution is 2.35. The van der Waals surface area contributed by atoms with Crippen molar-refractivity contribution in [1.29, 1.82) is 0 Å². The van der Waals surface area contributed by atoms with Crippen LogP contribution in [-0.2, 0) is 0 Å². The van der Waals surface area contributed by atoms with E-state index in [1.165, 1.54) is 101 Å². The quantitative estimate of drug-likeness (QED) is 0.0267. The summed E-state index contributed by atoms with van der Waals surface area (Å²) >= 11 is 1.13. The minimum Gasteiger partial charge on any atom is -0.494 e. The van der Waals surface area contributed by atoms with Crippen LogP contribution in [0.1, 0.15) is 157 Å². The van der Waals surface area contributed by atoms with Gasteiger partial charge in [0.05, 0.1) is 34.6 Å². The van der Waals surface area contributed by atoms with Gasteiger partial charge >= 0.3 is 23.9 Å². The number of thiophene rings is 1. The van der Waals surface area contributed by atoms with Crippen molar-refractivity contribution >= 4 is 45.3 Å². The number of benzene rings is 5. The van der Waals surface area contributed by atoms with Crippen molar-refractivity contribution in [1.82, 2.24) is 0 Å². The highest BCUT2D eigenvalue weighted by atomic mass is 32.1. The van der Waals surface area contributed by atoms with E-state index in [0.717, 1.165) is 37.0 Å². The van der Waals surface area contributed by atoms with Crippen molar-refractivity contribution in [3.63, 3.8) is 0 Å². The van der Waals surface area contributed by atoms with Crippen LogP contribution < -0.4 is 28.4 Å². The first-order valence-corrected chi connectivity index (χ1v) is 24.7. The van der Waals surface area contributed by atoms with Crippen LogP contribution >= 0.6 is 11.3 Å². The van der Waals surface area contributed by atoms with Gasteiger partial charge in [0.1, 0.15) is 39.4 Å². The third-order valence-electron chi connectivity index (χ3n) is 11.2. The molecule has 11 heteroatoms. The molecule has 1 heterocycles. The number of carbonyl (C=O) groups is 4. The van der Waals surface area contributed by atoms with E-state index in [1.54, 1.807) is 91.0 Å². The van der Waals surface area contributed by atoms with Gasteiger partial charge < -0.3 is 28.4 Å². The van der Waals surface area contributed by atoms with E-state index in [1.807, 2.05) is 6.07 Å². The fourth-order valence-corrected chi connectivity index (χ4v) is 8.31. The number of rotatable bonds is 28. The molecular formula is C56H62O10S. The topological polar surface area (TPSA) is 124 Å². The summed E-state index contributed by atoms with van der Waals surface area (Å²) in [6.45, 7) is 5.73. The maximum Gasteiger partial charge on any atom is 0.353 e. The smallest absolute Gasteiger partial charge is 0.353 e. The molecular weight excluding hydrogens is 865 g/mol. The molecule has 0 spiro atoms. The highest BCUT2D eigenvalue weighted by Gasteiger charge is 2.19. The molecule has 0 radical (unpaired) electrons. The Hall–Kier alpha value is -6.46. The van der Waals surface area contributed by atoms with E-state index in [2.05, 4.69) is 13.8 Å². The number of fused-ring (bicyclic) bond motifs is 1. The van der Waals surface area contributed by atoms with E-state index in [-0.39, 0.29) is 22.8 Å². The van der Waals surface area contributed by atoms with Gasteiger partial charge in [0.25, 0.3) is 0 Å². The Balaban J connectivity index is 0.922. The van der Waals surface area contributed by atoms with Gasteiger partial charge in [-0.25, -0.2) is 19.2 Å². The third-order valence-corrected chi connectivity index (χ3v) is 12.3. The predicted octanol–water partition coefficient (Wildman–Crippen LogP) is 14.8. The summed E-state index contributed by atoms with van der Waals surface area (Å²) in [5, 5.41) is 0.693. The molecule has 6 rings (SSSR count). The van der Waals surface area contributed by atoms with Crippen molar-refractivity contribution in [2.45, 2.75) is 117 Å². The van der Waals surface area contributed by atoms with Crippen molar-refractivity contribution in [3.8, 4) is 34.5 Å². The van der Waals surface area contributed by atoms with Gasteiger partial charge in [-0.15, -0.1) is 11.3 Å². The average Bonchev–Trinajstić information content (AvgIpc) is 3.80. The van der Waals surface area contributed by atoms with Gasteiger partial charge in [-0.1, -0.05) is 116 Å². The number of carbonyl (C=O) groups excluding carboxylic acids is 4. The third kappa shape index (κ3) is 16.4. The van der Waals surface area contributed by atoms with Crippen molar-refractivity contribution in [2.24, 2.45) is 0 Å². The molecule has 0 unspecified atom stereocenters. The second kappa shape index (κ2) is 27.2.